The molecule has 2 N–H and O–H groups in total. The van der Waals surface area contributed by atoms with Crippen molar-refractivity contribution >= 4 is 35.2 Å². The average molecular weight is 618 g/mol. The Morgan fingerprint density at radius 3 is 2.58 bits per heavy atom. The number of ether oxygens (including phenoxy) is 2. The minimum Gasteiger partial charge on any atom is -0.479 e. The van der Waals surface area contributed by atoms with Gasteiger partial charge in [0, 0.05) is 46.6 Å². The van der Waals surface area contributed by atoms with Crippen molar-refractivity contribution in [2.75, 3.05) is 31.1 Å². The molecule has 0 aromatic heterocycles. The lowest BCUT2D eigenvalue weighted by atomic mass is 9.79. The molecule has 0 radical (unpaired) electrons. The monoisotopic (exact) mass is 617 g/mol. The van der Waals surface area contributed by atoms with Crippen LogP contribution in [0, 0.1) is 5.82 Å². The number of anilines is 1. The fourth-order valence-corrected chi connectivity index (χ4v) is 6.79. The summed E-state index contributed by atoms with van der Waals surface area (Å²) in [6, 6.07) is 2.31. The number of carbonyl (C=O) groups is 1. The average Bonchev–Trinajstić information content (AvgIpc) is 3.64. The van der Waals surface area contributed by atoms with Crippen LogP contribution in [0.3, 0.4) is 0 Å². The van der Waals surface area contributed by atoms with Crippen LogP contribution in [-0.4, -0.2) is 87.4 Å². The van der Waals surface area contributed by atoms with E-state index in [1.54, 1.807) is 49.5 Å². The number of hydrogen-bond donors (Lipinski definition) is 2. The second-order valence-electron chi connectivity index (χ2n) is 12.5. The first-order chi connectivity index (χ1) is 21.4. The number of aliphatic hydroxyl groups excluding tert-OH is 1. The van der Waals surface area contributed by atoms with E-state index in [0.29, 0.717) is 41.2 Å². The zero-order valence-corrected chi connectivity index (χ0v) is 25.3. The highest BCUT2D eigenvalue weighted by Crippen LogP contribution is 2.53. The van der Waals surface area contributed by atoms with E-state index in [4.69, 9.17) is 9.47 Å². The van der Waals surface area contributed by atoms with Crippen LogP contribution in [0.25, 0.3) is 5.57 Å². The molecular formula is C33H32FN3O8. The van der Waals surface area contributed by atoms with Crippen LogP contribution in [0.4, 0.5) is 14.9 Å². The first-order valence-electron chi connectivity index (χ1n) is 14.7. The largest absolute Gasteiger partial charge is 0.479 e. The number of amides is 1. The molecular weight excluding hydrogens is 585 g/mol. The molecule has 0 unspecified atom stereocenters. The van der Waals surface area contributed by atoms with Crippen molar-refractivity contribution < 1.29 is 43.3 Å². The number of carbonyl (C=O) groups excluding carboxylic acids is 4. The summed E-state index contributed by atoms with van der Waals surface area (Å²) in [5.41, 5.74) is 0.0859. The Morgan fingerprint density at radius 1 is 1.20 bits per heavy atom. The minimum absolute atomic E-state index is 0.0222. The van der Waals surface area contributed by atoms with Crippen LogP contribution < -0.4 is 4.90 Å². The highest BCUT2D eigenvalue weighted by atomic mass is 19.1. The lowest BCUT2D eigenvalue weighted by Gasteiger charge is -2.39. The van der Waals surface area contributed by atoms with Crippen molar-refractivity contribution in [1.82, 2.24) is 9.80 Å². The Kier molecular flexibility index (Phi) is 7.24. The first kappa shape index (κ1) is 30.3. The van der Waals surface area contributed by atoms with Gasteiger partial charge in [0.1, 0.15) is 29.7 Å². The Balaban J connectivity index is 1.54. The quantitative estimate of drug-likeness (QED) is 0.488. The fraction of sp³-hybridized carbons (Fsp3) is 0.424. The summed E-state index contributed by atoms with van der Waals surface area (Å²) in [7, 11) is 0. The molecule has 5 heterocycles. The van der Waals surface area contributed by atoms with Crippen molar-refractivity contribution in [3.8, 4) is 0 Å². The molecule has 6 rings (SSSR count). The highest BCUT2D eigenvalue weighted by molar-refractivity contribution is 6.07. The summed E-state index contributed by atoms with van der Waals surface area (Å²) >= 11 is 0. The minimum atomic E-state index is -1.89. The van der Waals surface area contributed by atoms with Gasteiger partial charge in [-0.3, -0.25) is 0 Å². The van der Waals surface area contributed by atoms with Crippen LogP contribution in [0.2, 0.25) is 0 Å². The molecule has 1 aromatic carbocycles. The van der Waals surface area contributed by atoms with E-state index in [1.807, 2.05) is 16.8 Å². The van der Waals surface area contributed by atoms with E-state index in [0.717, 1.165) is 0 Å². The predicted molar refractivity (Wildman–Crippen MR) is 159 cm³/mol. The van der Waals surface area contributed by atoms with E-state index in [2.05, 4.69) is 0 Å². The highest BCUT2D eigenvalue weighted by Gasteiger charge is 2.50. The number of nitrogens with zero attached hydrogens (tertiary/aromatic N) is 3. The van der Waals surface area contributed by atoms with E-state index in [1.165, 1.54) is 12.1 Å². The molecule has 5 aliphatic rings. The Morgan fingerprint density at radius 2 is 1.96 bits per heavy atom. The number of hydrogen-bond acceptors (Lipinski definition) is 10. The molecule has 1 amide bonds. The number of allylic oxidation sites excluding steroid dienone is 1. The van der Waals surface area contributed by atoms with Gasteiger partial charge < -0.3 is 34.4 Å². The lowest BCUT2D eigenvalue weighted by molar-refractivity contribution is 0.0291. The molecule has 234 valence electrons. The van der Waals surface area contributed by atoms with Gasteiger partial charge in [-0.1, -0.05) is 6.92 Å². The maximum Gasteiger partial charge on any atom is 0.410 e. The van der Waals surface area contributed by atoms with Gasteiger partial charge in [-0.05, 0) is 51.8 Å². The zero-order chi connectivity index (χ0) is 32.4. The maximum absolute atomic E-state index is 15.2. The maximum atomic E-state index is 15.2. The summed E-state index contributed by atoms with van der Waals surface area (Å²) < 4.78 is 26.3. The SMILES string of the molecule is CC[C@@]1(O)C(=C=O)OCC2=C1C=C1C3=C(CN1C2=C=O)N([C@@H]1CCN(C(=O)OC(C)(C)C)C1)c1cc(CO)c(F)cc1C3=C=O. The standard InChI is InChI=1S/C33H32FN3O8/c1-5-33(43)23-10-26-30-21(14-39)20-9-24(34)18(13-38)8-25(20)37(19-6-7-35(11-19)31(42)45-32(2,3)4)27(30)12-36(26)28(15-40)22(23)17-44-29(33)16-41/h8-10,19,38,43H,5-7,11-13,17H2,1-4H3/t19-,33+/m1/s1. The van der Waals surface area contributed by atoms with Gasteiger partial charge in [0.2, 0.25) is 5.76 Å². The summed E-state index contributed by atoms with van der Waals surface area (Å²) in [4.78, 5) is 55.1. The molecule has 11 nitrogen and oxygen atoms in total. The van der Waals surface area contributed by atoms with Gasteiger partial charge in [0.25, 0.3) is 0 Å². The number of likely N-dealkylation sites (tertiary alicyclic amines) is 1. The van der Waals surface area contributed by atoms with Gasteiger partial charge in [-0.15, -0.1) is 0 Å². The van der Waals surface area contributed by atoms with Crippen molar-refractivity contribution in [2.24, 2.45) is 0 Å². The normalized spacial score (nSPS) is 23.9. The van der Waals surface area contributed by atoms with Gasteiger partial charge in [0.05, 0.1) is 36.2 Å². The number of aliphatic hydroxyl groups is 2. The van der Waals surface area contributed by atoms with Crippen LogP contribution in [-0.2, 0) is 30.5 Å². The van der Waals surface area contributed by atoms with Crippen molar-refractivity contribution in [1.29, 1.82) is 0 Å². The fourth-order valence-electron chi connectivity index (χ4n) is 6.79. The van der Waals surface area contributed by atoms with Crippen molar-refractivity contribution in [3.63, 3.8) is 0 Å². The van der Waals surface area contributed by atoms with Gasteiger partial charge >= 0.3 is 6.09 Å². The second-order valence-corrected chi connectivity index (χ2v) is 12.5. The van der Waals surface area contributed by atoms with Gasteiger partial charge in [-0.25, -0.2) is 23.6 Å². The van der Waals surface area contributed by atoms with Crippen molar-refractivity contribution in [2.45, 2.75) is 64.4 Å². The molecule has 0 saturated carbocycles. The molecule has 2 atom stereocenters. The summed E-state index contributed by atoms with van der Waals surface area (Å²) in [5, 5.41) is 21.5. The third kappa shape index (κ3) is 4.58. The predicted octanol–water partition coefficient (Wildman–Crippen LogP) is 2.73. The number of fused-ring (bicyclic) bond motifs is 3. The second kappa shape index (κ2) is 10.7. The Labute approximate surface area is 258 Å². The molecule has 45 heavy (non-hydrogen) atoms. The van der Waals surface area contributed by atoms with Crippen LogP contribution in [0.15, 0.2) is 57.8 Å². The Hall–Kier alpha value is -4.69. The van der Waals surface area contributed by atoms with E-state index >= 15 is 4.39 Å². The molecule has 1 aromatic rings. The van der Waals surface area contributed by atoms with E-state index in [9.17, 15) is 29.4 Å². The smallest absolute Gasteiger partial charge is 0.410 e. The summed E-state index contributed by atoms with van der Waals surface area (Å²) in [5.74, 6) is 4.57. The van der Waals surface area contributed by atoms with Gasteiger partial charge in [0.15, 0.2) is 17.5 Å². The molecule has 1 fully saturated rings. The molecule has 12 heteroatoms. The first-order valence-corrected chi connectivity index (χ1v) is 14.7. The third-order valence-electron chi connectivity index (χ3n) is 8.88. The van der Waals surface area contributed by atoms with Crippen LogP contribution in [0.1, 0.15) is 51.7 Å². The summed E-state index contributed by atoms with van der Waals surface area (Å²) in [6.07, 6.45) is 1.67. The van der Waals surface area contributed by atoms with E-state index < -0.39 is 29.7 Å². The third-order valence-corrected chi connectivity index (χ3v) is 8.88. The zero-order valence-electron chi connectivity index (χ0n) is 25.3. The lowest BCUT2D eigenvalue weighted by Crippen LogP contribution is -2.43. The van der Waals surface area contributed by atoms with Crippen LogP contribution >= 0.6 is 0 Å². The Bertz CT molecular complexity index is 1780. The van der Waals surface area contributed by atoms with Crippen LogP contribution in [0.5, 0.6) is 0 Å². The molecule has 0 spiro atoms. The molecule has 0 aliphatic carbocycles. The van der Waals surface area contributed by atoms with Crippen molar-refractivity contribution in [3.05, 3.63) is 74.7 Å². The molecule has 1 saturated heterocycles. The number of halogens is 1. The topological polar surface area (TPSA) is 137 Å². The van der Waals surface area contributed by atoms with E-state index in [-0.39, 0.29) is 65.9 Å². The number of benzene rings is 1. The number of rotatable bonds is 3. The van der Waals surface area contributed by atoms with Gasteiger partial charge in [-0.2, -0.15) is 0 Å². The molecule has 0 bridgehead atoms. The molecule has 5 aliphatic heterocycles. The summed E-state index contributed by atoms with van der Waals surface area (Å²) in [6.45, 7) is 6.93.